The highest BCUT2D eigenvalue weighted by atomic mass is 16.5. The van der Waals surface area contributed by atoms with Crippen LogP contribution in [0.25, 0.3) is 0 Å². The van der Waals surface area contributed by atoms with Crippen LogP contribution in [-0.4, -0.2) is 75.2 Å². The summed E-state index contributed by atoms with van der Waals surface area (Å²) < 4.78 is 5.09. The molecule has 0 aliphatic carbocycles. The lowest BCUT2D eigenvalue weighted by Gasteiger charge is -2.34. The Kier molecular flexibility index (Phi) is 6.64. The summed E-state index contributed by atoms with van der Waals surface area (Å²) in [5.41, 5.74) is 6.23. The van der Waals surface area contributed by atoms with E-state index in [0.29, 0.717) is 12.1 Å². The number of amides is 1. The van der Waals surface area contributed by atoms with Crippen molar-refractivity contribution < 1.29 is 9.53 Å². The Bertz CT molecular complexity index is 456. The number of ether oxygens (including phenoxy) is 1. The highest BCUT2D eigenvalue weighted by Gasteiger charge is 2.15. The maximum Gasteiger partial charge on any atom is 0.251 e. The highest BCUT2D eigenvalue weighted by Crippen LogP contribution is 2.11. The topological polar surface area (TPSA) is 70.8 Å². The van der Waals surface area contributed by atoms with Crippen LogP contribution in [0, 0.1) is 0 Å². The zero-order valence-electron chi connectivity index (χ0n) is 13.3. The first-order chi connectivity index (χ1) is 10.7. The fourth-order valence-corrected chi connectivity index (χ4v) is 2.59. The van der Waals surface area contributed by atoms with Gasteiger partial charge < -0.3 is 15.8 Å². The highest BCUT2D eigenvalue weighted by molar-refractivity contribution is 5.94. The molecule has 1 heterocycles. The number of benzene rings is 1. The number of hydrogen-bond acceptors (Lipinski definition) is 5. The Labute approximate surface area is 132 Å². The second-order valence-corrected chi connectivity index (χ2v) is 5.46. The summed E-state index contributed by atoms with van der Waals surface area (Å²) in [6.07, 6.45) is 0. The van der Waals surface area contributed by atoms with Gasteiger partial charge in [-0.3, -0.25) is 14.6 Å². The van der Waals surface area contributed by atoms with Gasteiger partial charge in [0.25, 0.3) is 5.91 Å². The van der Waals surface area contributed by atoms with E-state index in [0.717, 1.165) is 51.6 Å². The van der Waals surface area contributed by atoms with E-state index < -0.39 is 0 Å². The molecule has 0 atom stereocenters. The van der Waals surface area contributed by atoms with Gasteiger partial charge in [-0.2, -0.15) is 0 Å². The van der Waals surface area contributed by atoms with Crippen molar-refractivity contribution in [2.75, 3.05) is 59.5 Å². The molecule has 6 heteroatoms. The molecule has 2 rings (SSSR count). The van der Waals surface area contributed by atoms with Gasteiger partial charge in [-0.05, 0) is 24.3 Å². The van der Waals surface area contributed by atoms with E-state index in [2.05, 4.69) is 15.1 Å². The minimum absolute atomic E-state index is 0.0376. The van der Waals surface area contributed by atoms with Crippen LogP contribution in [0.3, 0.4) is 0 Å². The Morgan fingerprint density at radius 3 is 2.27 bits per heavy atom. The summed E-state index contributed by atoms with van der Waals surface area (Å²) in [6, 6.07) is 7.15. The number of nitrogens with zero attached hydrogens (tertiary/aromatic N) is 2. The zero-order chi connectivity index (χ0) is 15.8. The molecule has 0 aromatic heterocycles. The van der Waals surface area contributed by atoms with Gasteiger partial charge in [0.2, 0.25) is 0 Å². The molecule has 1 aliphatic heterocycles. The van der Waals surface area contributed by atoms with Gasteiger partial charge in [-0.15, -0.1) is 0 Å². The van der Waals surface area contributed by atoms with E-state index in [1.54, 1.807) is 31.4 Å². The molecule has 1 aliphatic rings. The third-order valence-electron chi connectivity index (χ3n) is 3.98. The van der Waals surface area contributed by atoms with Crippen LogP contribution in [-0.2, 0) is 0 Å². The van der Waals surface area contributed by atoms with Gasteiger partial charge in [0.05, 0.1) is 7.11 Å². The summed E-state index contributed by atoms with van der Waals surface area (Å²) >= 11 is 0. The fourth-order valence-electron chi connectivity index (χ4n) is 2.59. The molecule has 22 heavy (non-hydrogen) atoms. The second kappa shape index (κ2) is 8.73. The van der Waals surface area contributed by atoms with E-state index >= 15 is 0 Å². The number of carbonyl (C=O) groups is 1. The van der Waals surface area contributed by atoms with E-state index in [9.17, 15) is 4.79 Å². The van der Waals surface area contributed by atoms with Gasteiger partial charge in [-0.1, -0.05) is 0 Å². The number of methoxy groups -OCH3 is 1. The van der Waals surface area contributed by atoms with E-state index in [1.807, 2.05) is 0 Å². The zero-order valence-corrected chi connectivity index (χ0v) is 13.3. The molecule has 1 aromatic carbocycles. The summed E-state index contributed by atoms with van der Waals surface area (Å²) in [7, 11) is 1.61. The SMILES string of the molecule is COc1ccc(C(=O)NCCN2CCN(CCN)CC2)cc1. The first-order valence-electron chi connectivity index (χ1n) is 7.80. The molecule has 1 saturated heterocycles. The maximum atomic E-state index is 12.0. The van der Waals surface area contributed by atoms with Gasteiger partial charge in [0, 0.05) is 57.9 Å². The molecular formula is C16H26N4O2. The standard InChI is InChI=1S/C16H26N4O2/c1-22-15-4-2-14(3-5-15)16(21)18-7-9-20-12-10-19(8-6-17)11-13-20/h2-5H,6-13,17H2,1H3,(H,18,21). The van der Waals surface area contributed by atoms with Gasteiger partial charge >= 0.3 is 0 Å². The Morgan fingerprint density at radius 2 is 1.73 bits per heavy atom. The van der Waals surface area contributed by atoms with Crippen molar-refractivity contribution in [3.05, 3.63) is 29.8 Å². The summed E-state index contributed by atoms with van der Waals surface area (Å²) in [4.78, 5) is 16.8. The molecule has 0 radical (unpaired) electrons. The fraction of sp³-hybridized carbons (Fsp3) is 0.562. The Morgan fingerprint density at radius 1 is 1.14 bits per heavy atom. The lowest BCUT2D eigenvalue weighted by Crippen LogP contribution is -2.49. The van der Waals surface area contributed by atoms with Crippen LogP contribution < -0.4 is 15.8 Å². The van der Waals surface area contributed by atoms with Crippen molar-refractivity contribution in [2.24, 2.45) is 5.73 Å². The van der Waals surface area contributed by atoms with Crippen molar-refractivity contribution in [3.63, 3.8) is 0 Å². The smallest absolute Gasteiger partial charge is 0.251 e. The average Bonchev–Trinajstić information content (AvgIpc) is 2.56. The number of rotatable bonds is 7. The van der Waals surface area contributed by atoms with Gasteiger partial charge in [-0.25, -0.2) is 0 Å². The predicted molar refractivity (Wildman–Crippen MR) is 87.3 cm³/mol. The van der Waals surface area contributed by atoms with Crippen molar-refractivity contribution in [2.45, 2.75) is 0 Å². The predicted octanol–water partition coefficient (Wildman–Crippen LogP) is 0.00130. The lowest BCUT2D eigenvalue weighted by molar-refractivity contribution is 0.0937. The second-order valence-electron chi connectivity index (χ2n) is 5.46. The number of piperazine rings is 1. The summed E-state index contributed by atoms with van der Waals surface area (Å²) in [6.45, 7) is 7.45. The van der Waals surface area contributed by atoms with Crippen LogP contribution >= 0.6 is 0 Å². The quantitative estimate of drug-likeness (QED) is 0.742. The monoisotopic (exact) mass is 306 g/mol. The van der Waals surface area contributed by atoms with E-state index in [1.165, 1.54) is 0 Å². The van der Waals surface area contributed by atoms with Crippen LogP contribution in [0.1, 0.15) is 10.4 Å². The van der Waals surface area contributed by atoms with Crippen LogP contribution in [0.5, 0.6) is 5.75 Å². The Hall–Kier alpha value is -1.63. The number of nitrogens with one attached hydrogen (secondary N) is 1. The summed E-state index contributed by atoms with van der Waals surface area (Å²) in [5, 5.41) is 2.97. The van der Waals surface area contributed by atoms with Crippen LogP contribution in [0.15, 0.2) is 24.3 Å². The van der Waals surface area contributed by atoms with Crippen molar-refractivity contribution in [1.82, 2.24) is 15.1 Å². The molecule has 0 bridgehead atoms. The van der Waals surface area contributed by atoms with Crippen molar-refractivity contribution in [3.8, 4) is 5.75 Å². The first kappa shape index (κ1) is 16.7. The maximum absolute atomic E-state index is 12.0. The molecule has 0 spiro atoms. The largest absolute Gasteiger partial charge is 0.497 e. The number of carbonyl (C=O) groups excluding carboxylic acids is 1. The normalized spacial score (nSPS) is 16.5. The molecule has 1 fully saturated rings. The number of nitrogens with two attached hydrogens (primary N) is 1. The van der Waals surface area contributed by atoms with Gasteiger partial charge in [0.1, 0.15) is 5.75 Å². The average molecular weight is 306 g/mol. The van der Waals surface area contributed by atoms with Gasteiger partial charge in [0.15, 0.2) is 0 Å². The van der Waals surface area contributed by atoms with E-state index in [-0.39, 0.29) is 5.91 Å². The molecule has 122 valence electrons. The molecule has 0 unspecified atom stereocenters. The molecule has 0 saturated carbocycles. The third kappa shape index (κ3) is 4.98. The van der Waals surface area contributed by atoms with Crippen molar-refractivity contribution in [1.29, 1.82) is 0 Å². The minimum Gasteiger partial charge on any atom is -0.497 e. The third-order valence-corrected chi connectivity index (χ3v) is 3.98. The lowest BCUT2D eigenvalue weighted by atomic mass is 10.2. The molecule has 3 N–H and O–H groups in total. The summed E-state index contributed by atoms with van der Waals surface area (Å²) in [5.74, 6) is 0.719. The first-order valence-corrected chi connectivity index (χ1v) is 7.80. The molecule has 6 nitrogen and oxygen atoms in total. The van der Waals surface area contributed by atoms with Crippen LogP contribution in [0.4, 0.5) is 0 Å². The minimum atomic E-state index is -0.0376. The molecular weight excluding hydrogens is 280 g/mol. The number of hydrogen-bond donors (Lipinski definition) is 2. The van der Waals surface area contributed by atoms with Crippen molar-refractivity contribution >= 4 is 5.91 Å². The van der Waals surface area contributed by atoms with Crippen LogP contribution in [0.2, 0.25) is 0 Å². The molecule has 1 aromatic rings. The molecule has 1 amide bonds. The Balaban J connectivity index is 1.67. The van der Waals surface area contributed by atoms with E-state index in [4.69, 9.17) is 10.5 Å².